The van der Waals surface area contributed by atoms with Crippen molar-refractivity contribution in [1.29, 1.82) is 0 Å². The average Bonchev–Trinajstić information content (AvgIpc) is 2.85. The molecule has 20 heavy (non-hydrogen) atoms. The van der Waals surface area contributed by atoms with E-state index >= 15 is 0 Å². The van der Waals surface area contributed by atoms with Crippen LogP contribution in [0.1, 0.15) is 37.6 Å². The zero-order valence-corrected chi connectivity index (χ0v) is 12.5. The molecule has 0 saturated heterocycles. The summed E-state index contributed by atoms with van der Waals surface area (Å²) >= 11 is 6.20. The molecular formula is C15H19ClFN3. The molecule has 1 aromatic carbocycles. The maximum atomic E-state index is 13.2. The number of aryl methyl sites for hydroxylation is 1. The topological polar surface area (TPSA) is 29.9 Å². The second-order valence-corrected chi connectivity index (χ2v) is 5.04. The lowest BCUT2D eigenvalue weighted by Crippen LogP contribution is -2.25. The first-order valence-corrected chi connectivity index (χ1v) is 7.25. The summed E-state index contributed by atoms with van der Waals surface area (Å²) in [5.74, 6) is -0.323. The van der Waals surface area contributed by atoms with Crippen LogP contribution in [-0.4, -0.2) is 16.3 Å². The minimum atomic E-state index is -0.323. The van der Waals surface area contributed by atoms with Crippen molar-refractivity contribution in [1.82, 2.24) is 15.1 Å². The molecule has 0 aliphatic rings. The molecule has 108 valence electrons. The van der Waals surface area contributed by atoms with Gasteiger partial charge in [-0.3, -0.25) is 4.68 Å². The van der Waals surface area contributed by atoms with Gasteiger partial charge in [-0.1, -0.05) is 31.5 Å². The summed E-state index contributed by atoms with van der Waals surface area (Å²) in [5, 5.41) is 8.16. The highest BCUT2D eigenvalue weighted by molar-refractivity contribution is 6.31. The van der Waals surface area contributed by atoms with E-state index in [0.717, 1.165) is 30.8 Å². The largest absolute Gasteiger partial charge is 0.305 e. The van der Waals surface area contributed by atoms with Gasteiger partial charge in [0, 0.05) is 17.8 Å². The zero-order chi connectivity index (χ0) is 14.5. The molecule has 0 aliphatic carbocycles. The van der Waals surface area contributed by atoms with E-state index in [1.165, 1.54) is 12.1 Å². The van der Waals surface area contributed by atoms with E-state index < -0.39 is 0 Å². The highest BCUT2D eigenvalue weighted by atomic mass is 35.5. The molecule has 1 unspecified atom stereocenters. The molecule has 1 N–H and O–H groups in total. The van der Waals surface area contributed by atoms with Crippen molar-refractivity contribution < 1.29 is 4.39 Å². The first kappa shape index (κ1) is 15.0. The summed E-state index contributed by atoms with van der Waals surface area (Å²) in [6.45, 7) is 5.78. The third-order valence-electron chi connectivity index (χ3n) is 3.16. The van der Waals surface area contributed by atoms with Crippen LogP contribution in [0, 0.1) is 5.82 Å². The zero-order valence-electron chi connectivity index (χ0n) is 11.7. The molecule has 5 heteroatoms. The third-order valence-corrected chi connectivity index (χ3v) is 3.49. The first-order valence-electron chi connectivity index (χ1n) is 6.87. The van der Waals surface area contributed by atoms with E-state index in [9.17, 15) is 4.39 Å². The second-order valence-electron chi connectivity index (χ2n) is 4.64. The Kier molecular flexibility index (Phi) is 5.15. The number of nitrogens with one attached hydrogen (secondary N) is 1. The van der Waals surface area contributed by atoms with Crippen LogP contribution in [0.5, 0.6) is 0 Å². The molecular weight excluding hydrogens is 277 g/mol. The summed E-state index contributed by atoms with van der Waals surface area (Å²) < 4.78 is 15.2. The summed E-state index contributed by atoms with van der Waals surface area (Å²) in [7, 11) is 0. The number of nitrogens with zero attached hydrogens (tertiary/aromatic N) is 2. The highest BCUT2D eigenvalue weighted by Gasteiger charge is 2.20. The molecule has 3 nitrogen and oxygen atoms in total. The Labute approximate surface area is 123 Å². The summed E-state index contributed by atoms with van der Waals surface area (Å²) in [6, 6.07) is 6.41. The molecule has 0 bridgehead atoms. The van der Waals surface area contributed by atoms with E-state index in [-0.39, 0.29) is 11.9 Å². The lowest BCUT2D eigenvalue weighted by molar-refractivity contribution is 0.520. The van der Waals surface area contributed by atoms with E-state index in [4.69, 9.17) is 11.6 Å². The van der Waals surface area contributed by atoms with Crippen molar-refractivity contribution in [3.05, 3.63) is 52.6 Å². The number of rotatable bonds is 6. The fourth-order valence-electron chi connectivity index (χ4n) is 2.30. The van der Waals surface area contributed by atoms with E-state index in [2.05, 4.69) is 17.3 Å². The van der Waals surface area contributed by atoms with Gasteiger partial charge in [-0.25, -0.2) is 4.39 Å². The van der Waals surface area contributed by atoms with Crippen molar-refractivity contribution in [3.8, 4) is 0 Å². The first-order chi connectivity index (χ1) is 9.67. The highest BCUT2D eigenvalue weighted by Crippen LogP contribution is 2.29. The van der Waals surface area contributed by atoms with Gasteiger partial charge < -0.3 is 5.32 Å². The van der Waals surface area contributed by atoms with Gasteiger partial charge in [0.25, 0.3) is 0 Å². The molecule has 0 radical (unpaired) electrons. The van der Waals surface area contributed by atoms with Crippen molar-refractivity contribution >= 4 is 11.6 Å². The molecule has 0 fully saturated rings. The van der Waals surface area contributed by atoms with Gasteiger partial charge in [-0.15, -0.1) is 0 Å². The lowest BCUT2D eigenvalue weighted by Gasteiger charge is -2.21. The maximum absolute atomic E-state index is 13.2. The average molecular weight is 296 g/mol. The standard InChI is InChI=1S/C15H19ClFN3/c1-3-9-20-14(7-8-19-20)15(18-4-2)12-6-5-11(17)10-13(12)16/h5-8,10,15,18H,3-4,9H2,1-2H3. The Bertz CT molecular complexity index is 568. The van der Waals surface area contributed by atoms with Gasteiger partial charge in [0.1, 0.15) is 5.82 Å². The molecule has 0 aliphatic heterocycles. The molecule has 2 aromatic rings. The maximum Gasteiger partial charge on any atom is 0.124 e. The van der Waals surface area contributed by atoms with E-state index in [1.807, 2.05) is 17.7 Å². The fourth-order valence-corrected chi connectivity index (χ4v) is 2.58. The van der Waals surface area contributed by atoms with Gasteiger partial charge in [0.15, 0.2) is 0 Å². The number of hydrogen-bond acceptors (Lipinski definition) is 2. The molecule has 0 amide bonds. The van der Waals surface area contributed by atoms with Crippen LogP contribution >= 0.6 is 11.6 Å². The molecule has 1 atom stereocenters. The lowest BCUT2D eigenvalue weighted by atomic mass is 10.0. The molecule has 0 spiro atoms. The predicted molar refractivity (Wildman–Crippen MR) is 79.4 cm³/mol. The third kappa shape index (κ3) is 3.19. The normalized spacial score (nSPS) is 12.6. The van der Waals surface area contributed by atoms with E-state index in [0.29, 0.717) is 5.02 Å². The summed E-state index contributed by atoms with van der Waals surface area (Å²) in [6.07, 6.45) is 2.79. The second kappa shape index (κ2) is 6.86. The van der Waals surface area contributed by atoms with Gasteiger partial charge in [0.2, 0.25) is 0 Å². The minimum absolute atomic E-state index is 0.0813. The van der Waals surface area contributed by atoms with Crippen LogP contribution in [0.2, 0.25) is 5.02 Å². The predicted octanol–water partition coefficient (Wildman–Crippen LogP) is 3.78. The van der Waals surface area contributed by atoms with Crippen LogP contribution in [-0.2, 0) is 6.54 Å². The Morgan fingerprint density at radius 3 is 2.80 bits per heavy atom. The van der Waals surface area contributed by atoms with Crippen LogP contribution in [0.3, 0.4) is 0 Å². The number of benzene rings is 1. The summed E-state index contributed by atoms with van der Waals surface area (Å²) in [4.78, 5) is 0. The van der Waals surface area contributed by atoms with Crippen molar-refractivity contribution in [2.75, 3.05) is 6.54 Å². The van der Waals surface area contributed by atoms with E-state index in [1.54, 1.807) is 12.3 Å². The van der Waals surface area contributed by atoms with Crippen LogP contribution in [0.4, 0.5) is 4.39 Å². The van der Waals surface area contributed by atoms with Gasteiger partial charge in [0.05, 0.1) is 11.7 Å². The Balaban J connectivity index is 2.42. The number of halogens is 2. The minimum Gasteiger partial charge on any atom is -0.305 e. The Morgan fingerprint density at radius 2 is 2.15 bits per heavy atom. The number of aromatic nitrogens is 2. The van der Waals surface area contributed by atoms with Crippen LogP contribution in [0.15, 0.2) is 30.5 Å². The van der Waals surface area contributed by atoms with Crippen LogP contribution < -0.4 is 5.32 Å². The van der Waals surface area contributed by atoms with Gasteiger partial charge in [-0.05, 0) is 36.7 Å². The Morgan fingerprint density at radius 1 is 1.35 bits per heavy atom. The molecule has 2 rings (SSSR count). The Hall–Kier alpha value is -1.39. The fraction of sp³-hybridized carbons (Fsp3) is 0.400. The SMILES string of the molecule is CCCn1nccc1C(NCC)c1ccc(F)cc1Cl. The van der Waals surface area contributed by atoms with Crippen LogP contribution in [0.25, 0.3) is 0 Å². The van der Waals surface area contributed by atoms with Gasteiger partial charge in [-0.2, -0.15) is 5.10 Å². The quantitative estimate of drug-likeness (QED) is 0.879. The number of hydrogen-bond donors (Lipinski definition) is 1. The summed E-state index contributed by atoms with van der Waals surface area (Å²) in [5.41, 5.74) is 1.91. The monoisotopic (exact) mass is 295 g/mol. The van der Waals surface area contributed by atoms with Gasteiger partial charge >= 0.3 is 0 Å². The van der Waals surface area contributed by atoms with Crippen molar-refractivity contribution in [2.45, 2.75) is 32.9 Å². The molecule has 1 heterocycles. The molecule has 1 aromatic heterocycles. The smallest absolute Gasteiger partial charge is 0.124 e. The molecule has 0 saturated carbocycles. The van der Waals surface area contributed by atoms with Crippen molar-refractivity contribution in [3.63, 3.8) is 0 Å². The van der Waals surface area contributed by atoms with Crippen molar-refractivity contribution in [2.24, 2.45) is 0 Å².